The molecule has 1 N–H and O–H groups in total. The Balaban J connectivity index is 1.17. The first-order valence-corrected chi connectivity index (χ1v) is 11.6. The lowest BCUT2D eigenvalue weighted by Gasteiger charge is -2.20. The van der Waals surface area contributed by atoms with Crippen LogP contribution in [-0.4, -0.2) is 52.4 Å². The van der Waals surface area contributed by atoms with Crippen LogP contribution in [0.15, 0.2) is 23.7 Å². The van der Waals surface area contributed by atoms with Crippen LogP contribution in [0, 0.1) is 5.92 Å². The van der Waals surface area contributed by atoms with Gasteiger partial charge in [0.2, 0.25) is 5.91 Å². The van der Waals surface area contributed by atoms with Gasteiger partial charge in [-0.2, -0.15) is 0 Å². The van der Waals surface area contributed by atoms with Crippen LogP contribution in [0.25, 0.3) is 0 Å². The van der Waals surface area contributed by atoms with Gasteiger partial charge in [-0.3, -0.25) is 4.79 Å². The third-order valence-corrected chi connectivity index (χ3v) is 7.29. The summed E-state index contributed by atoms with van der Waals surface area (Å²) in [6.45, 7) is 1.02. The second-order valence-electron chi connectivity index (χ2n) is 8.49. The Bertz CT molecular complexity index is 818. The van der Waals surface area contributed by atoms with Crippen molar-refractivity contribution >= 4 is 17.2 Å². The van der Waals surface area contributed by atoms with E-state index in [2.05, 4.69) is 21.8 Å². The Morgan fingerprint density at radius 3 is 2.90 bits per heavy atom. The maximum Gasteiger partial charge on any atom is 0.225 e. The fourth-order valence-electron chi connectivity index (χ4n) is 4.91. The normalized spacial score (nSPS) is 29.8. The van der Waals surface area contributed by atoms with Gasteiger partial charge in [-0.15, -0.1) is 16.4 Å². The number of ether oxygens (including phenoxy) is 2. The number of hydrogen-bond acceptors (Lipinski definition) is 6. The van der Waals surface area contributed by atoms with Gasteiger partial charge >= 0.3 is 0 Å². The Morgan fingerprint density at radius 2 is 2.07 bits per heavy atom. The minimum Gasteiger partial charge on any atom is -0.371 e. The van der Waals surface area contributed by atoms with Crippen LogP contribution in [0.4, 0.5) is 0 Å². The average Bonchev–Trinajstić information content (AvgIpc) is 3.49. The van der Waals surface area contributed by atoms with E-state index in [0.29, 0.717) is 19.6 Å². The highest BCUT2D eigenvalue weighted by Gasteiger charge is 2.49. The van der Waals surface area contributed by atoms with Gasteiger partial charge in [0, 0.05) is 11.1 Å². The van der Waals surface area contributed by atoms with Crippen molar-refractivity contribution in [3.05, 3.63) is 34.3 Å². The van der Waals surface area contributed by atoms with E-state index in [1.165, 1.54) is 32.1 Å². The lowest BCUT2D eigenvalue weighted by atomic mass is 9.86. The molecule has 0 radical (unpaired) electrons. The van der Waals surface area contributed by atoms with Crippen molar-refractivity contribution in [2.75, 3.05) is 13.2 Å². The molecule has 8 heteroatoms. The molecular formula is C21H28N4O3S. The lowest BCUT2D eigenvalue weighted by Crippen LogP contribution is -2.44. The molecular weight excluding hydrogens is 388 g/mol. The van der Waals surface area contributed by atoms with Gasteiger partial charge in [0.15, 0.2) is 0 Å². The minimum absolute atomic E-state index is 0.0178. The molecule has 2 aromatic heterocycles. The molecule has 1 amide bonds. The van der Waals surface area contributed by atoms with E-state index < -0.39 is 0 Å². The molecule has 0 aromatic carbocycles. The molecule has 0 spiro atoms. The largest absolute Gasteiger partial charge is 0.371 e. The standard InChI is InChI=1S/C21H28N4O3S/c26-19(10-16-7-4-8-29-16)22-17-12-27-21-18(13-28-20(17)21)25-11-15(23-24-25)9-14-5-2-1-3-6-14/h4,7-8,11,14,17-18,20-21H,1-3,5-6,9-10,12-13H2,(H,22,26)/t17-,18+,20-,21+/m1/s1. The van der Waals surface area contributed by atoms with Crippen molar-refractivity contribution in [3.63, 3.8) is 0 Å². The number of thiophene rings is 1. The van der Waals surface area contributed by atoms with Gasteiger partial charge < -0.3 is 14.8 Å². The van der Waals surface area contributed by atoms with Gasteiger partial charge in [-0.1, -0.05) is 43.4 Å². The molecule has 4 atom stereocenters. The molecule has 3 fully saturated rings. The molecule has 2 aliphatic heterocycles. The average molecular weight is 417 g/mol. The first-order chi connectivity index (χ1) is 14.3. The SMILES string of the molecule is O=C(Cc1cccs1)N[C@@H]1CO[C@@H]2[C@@H]1OC[C@@H]2n1cc(CC2CCCCC2)nn1. The fraction of sp³-hybridized carbons (Fsp3) is 0.667. The van der Waals surface area contributed by atoms with Gasteiger partial charge in [0.1, 0.15) is 18.2 Å². The zero-order valence-corrected chi connectivity index (χ0v) is 17.4. The smallest absolute Gasteiger partial charge is 0.225 e. The number of nitrogens with zero attached hydrogens (tertiary/aromatic N) is 3. The third kappa shape index (κ3) is 4.25. The lowest BCUT2D eigenvalue weighted by molar-refractivity contribution is -0.121. The van der Waals surface area contributed by atoms with Crippen LogP contribution in [-0.2, 0) is 27.1 Å². The molecule has 1 saturated carbocycles. The van der Waals surface area contributed by atoms with Gasteiger partial charge in [-0.25, -0.2) is 4.68 Å². The zero-order chi connectivity index (χ0) is 19.6. The highest BCUT2D eigenvalue weighted by Crippen LogP contribution is 2.34. The van der Waals surface area contributed by atoms with Crippen molar-refractivity contribution in [2.45, 2.75) is 69.2 Å². The molecule has 1 aliphatic carbocycles. The molecule has 3 aliphatic rings. The van der Waals surface area contributed by atoms with Gasteiger partial charge in [-0.05, 0) is 23.8 Å². The van der Waals surface area contributed by atoms with E-state index in [4.69, 9.17) is 9.47 Å². The predicted molar refractivity (Wildman–Crippen MR) is 109 cm³/mol. The summed E-state index contributed by atoms with van der Waals surface area (Å²) < 4.78 is 14.0. The third-order valence-electron chi connectivity index (χ3n) is 6.41. The first kappa shape index (κ1) is 19.2. The number of hydrogen-bond donors (Lipinski definition) is 1. The van der Waals surface area contributed by atoms with Crippen LogP contribution in [0.2, 0.25) is 0 Å². The van der Waals surface area contributed by atoms with Crippen molar-refractivity contribution < 1.29 is 14.3 Å². The van der Waals surface area contributed by atoms with Gasteiger partial charge in [0.05, 0.1) is 31.4 Å². The van der Waals surface area contributed by atoms with Crippen molar-refractivity contribution in [1.82, 2.24) is 20.3 Å². The number of nitrogens with one attached hydrogen (secondary N) is 1. The summed E-state index contributed by atoms with van der Waals surface area (Å²) in [6, 6.07) is 3.86. The second-order valence-corrected chi connectivity index (χ2v) is 9.52. The molecule has 2 saturated heterocycles. The minimum atomic E-state index is -0.127. The summed E-state index contributed by atoms with van der Waals surface area (Å²) >= 11 is 1.60. The van der Waals surface area contributed by atoms with E-state index in [1.807, 2.05) is 22.2 Å². The molecule has 5 rings (SSSR count). The van der Waals surface area contributed by atoms with E-state index in [-0.39, 0.29) is 30.2 Å². The van der Waals surface area contributed by atoms with Crippen molar-refractivity contribution in [3.8, 4) is 0 Å². The monoisotopic (exact) mass is 416 g/mol. The van der Waals surface area contributed by atoms with Crippen LogP contribution >= 0.6 is 11.3 Å². The molecule has 156 valence electrons. The van der Waals surface area contributed by atoms with Crippen molar-refractivity contribution in [1.29, 1.82) is 0 Å². The summed E-state index contributed by atoms with van der Waals surface area (Å²) in [5.74, 6) is 0.761. The number of carbonyl (C=O) groups is 1. The van der Waals surface area contributed by atoms with E-state index in [1.54, 1.807) is 11.3 Å². The van der Waals surface area contributed by atoms with Crippen LogP contribution in [0.3, 0.4) is 0 Å². The van der Waals surface area contributed by atoms with E-state index in [9.17, 15) is 4.79 Å². The van der Waals surface area contributed by atoms with Crippen molar-refractivity contribution in [2.24, 2.45) is 5.92 Å². The molecule has 7 nitrogen and oxygen atoms in total. The molecule has 4 heterocycles. The van der Waals surface area contributed by atoms with E-state index >= 15 is 0 Å². The van der Waals surface area contributed by atoms with E-state index in [0.717, 1.165) is 22.9 Å². The number of fused-ring (bicyclic) bond motifs is 1. The quantitative estimate of drug-likeness (QED) is 0.783. The van der Waals surface area contributed by atoms with Crippen LogP contribution in [0.5, 0.6) is 0 Å². The van der Waals surface area contributed by atoms with Gasteiger partial charge in [0.25, 0.3) is 0 Å². The molecule has 0 bridgehead atoms. The second kappa shape index (κ2) is 8.53. The molecule has 2 aromatic rings. The topological polar surface area (TPSA) is 78.3 Å². The summed E-state index contributed by atoms with van der Waals surface area (Å²) in [4.78, 5) is 13.4. The number of rotatable bonds is 6. The zero-order valence-electron chi connectivity index (χ0n) is 16.5. The Kier molecular flexibility index (Phi) is 5.65. The highest BCUT2D eigenvalue weighted by molar-refractivity contribution is 7.10. The Hall–Kier alpha value is -1.77. The van der Waals surface area contributed by atoms with Crippen LogP contribution in [0.1, 0.15) is 48.7 Å². The maximum atomic E-state index is 12.4. The summed E-state index contributed by atoms with van der Waals surface area (Å²) in [7, 11) is 0. The first-order valence-electron chi connectivity index (χ1n) is 10.7. The summed E-state index contributed by atoms with van der Waals surface area (Å²) in [5, 5.41) is 13.9. The Labute approximate surface area is 174 Å². The predicted octanol–water partition coefficient (Wildman–Crippen LogP) is 2.53. The molecule has 29 heavy (non-hydrogen) atoms. The number of aromatic nitrogens is 3. The maximum absolute atomic E-state index is 12.4. The number of carbonyl (C=O) groups excluding carboxylic acids is 1. The highest BCUT2D eigenvalue weighted by atomic mass is 32.1. The summed E-state index contributed by atoms with van der Waals surface area (Å²) in [6.07, 6.45) is 9.93. The molecule has 0 unspecified atom stereocenters. The number of amides is 1. The Morgan fingerprint density at radius 1 is 1.21 bits per heavy atom. The summed E-state index contributed by atoms with van der Waals surface area (Å²) in [5.41, 5.74) is 1.07. The van der Waals surface area contributed by atoms with Crippen LogP contribution < -0.4 is 5.32 Å². The fourth-order valence-corrected chi connectivity index (χ4v) is 5.62.